The van der Waals surface area contributed by atoms with Gasteiger partial charge in [-0.15, -0.1) is 0 Å². The van der Waals surface area contributed by atoms with Crippen molar-refractivity contribution in [1.82, 2.24) is 4.90 Å². The van der Waals surface area contributed by atoms with Crippen molar-refractivity contribution in [3.05, 3.63) is 29.8 Å². The van der Waals surface area contributed by atoms with Gasteiger partial charge in [0.2, 0.25) is 11.8 Å². The van der Waals surface area contributed by atoms with Crippen molar-refractivity contribution < 1.29 is 23.9 Å². The fourth-order valence-corrected chi connectivity index (χ4v) is 6.89. The van der Waals surface area contributed by atoms with Crippen LogP contribution >= 0.6 is 31.9 Å². The summed E-state index contributed by atoms with van der Waals surface area (Å²) < 4.78 is 5.10. The number of imide groups is 1. The third-order valence-corrected chi connectivity index (χ3v) is 9.72. The number of rotatable bonds is 5. The Bertz CT molecular complexity index is 890. The maximum absolute atomic E-state index is 13.0. The van der Waals surface area contributed by atoms with Gasteiger partial charge in [0, 0.05) is 15.3 Å². The zero-order valence-corrected chi connectivity index (χ0v) is 19.7. The highest BCUT2D eigenvalue weighted by atomic mass is 79.9. The minimum Gasteiger partial charge on any atom is -0.454 e. The van der Waals surface area contributed by atoms with Gasteiger partial charge in [-0.25, -0.2) is 4.79 Å². The number of esters is 1. The second-order valence-corrected chi connectivity index (χ2v) is 10.3. The standard InChI is InChI=1S/C21H22Br2N2O5/c1-9-5-3-4-6-13(9)24-14(26)8-30-21(29)10(2)25-19(27)15-11-7-12(16(15)20(25)28)18(23)17(11)22/h3-6,10-12,15-18H,7-8H2,1-2H3,(H,24,26)/t10-,11+,12+,15+,16+,17-,18+/m0/s1. The number of benzene rings is 1. The molecule has 0 spiro atoms. The van der Waals surface area contributed by atoms with Gasteiger partial charge in [0.05, 0.1) is 11.8 Å². The third kappa shape index (κ3) is 3.39. The molecule has 0 radical (unpaired) electrons. The molecule has 2 aliphatic carbocycles. The first-order valence-corrected chi connectivity index (χ1v) is 11.7. The lowest BCUT2D eigenvalue weighted by Gasteiger charge is -2.28. The van der Waals surface area contributed by atoms with E-state index in [9.17, 15) is 19.2 Å². The van der Waals surface area contributed by atoms with Crippen LogP contribution in [0.25, 0.3) is 0 Å². The number of carbonyl (C=O) groups is 4. The van der Waals surface area contributed by atoms with Crippen LogP contribution in [0.3, 0.4) is 0 Å². The molecular weight excluding hydrogens is 520 g/mol. The summed E-state index contributed by atoms with van der Waals surface area (Å²) in [5.41, 5.74) is 1.52. The Morgan fingerprint density at radius 1 is 1.13 bits per heavy atom. The molecule has 0 aromatic heterocycles. The number of fused-ring (bicyclic) bond motifs is 5. The van der Waals surface area contributed by atoms with E-state index in [1.165, 1.54) is 6.92 Å². The fraction of sp³-hybridized carbons (Fsp3) is 0.524. The molecule has 1 saturated heterocycles. The van der Waals surface area contributed by atoms with E-state index in [0.29, 0.717) is 5.69 Å². The van der Waals surface area contributed by atoms with Crippen LogP contribution in [-0.4, -0.2) is 50.9 Å². The Balaban J connectivity index is 1.38. The molecule has 1 aromatic carbocycles. The van der Waals surface area contributed by atoms with E-state index >= 15 is 0 Å². The number of anilines is 1. The zero-order chi connectivity index (χ0) is 21.7. The van der Waals surface area contributed by atoms with Gasteiger partial charge in [-0.1, -0.05) is 50.1 Å². The van der Waals surface area contributed by atoms with Gasteiger partial charge in [-0.05, 0) is 43.7 Å². The molecule has 9 heteroatoms. The number of alkyl halides is 2. The monoisotopic (exact) mass is 540 g/mol. The molecule has 1 aromatic rings. The molecule has 4 rings (SSSR count). The SMILES string of the molecule is Cc1ccccc1NC(=O)COC(=O)[C@H](C)N1C(=O)[C@@H]2[C@H]3C[C@@H]([C@@H](Br)[C@H]3Br)[C@H]2C1=O. The van der Waals surface area contributed by atoms with Crippen LogP contribution in [0.4, 0.5) is 5.69 Å². The molecule has 7 nitrogen and oxygen atoms in total. The lowest BCUT2D eigenvalue weighted by Crippen LogP contribution is -2.45. The molecule has 1 aliphatic heterocycles. The van der Waals surface area contributed by atoms with Crippen LogP contribution in [0, 0.1) is 30.6 Å². The first kappa shape index (κ1) is 21.5. The normalized spacial score (nSPS) is 32.9. The Hall–Kier alpha value is -1.74. The maximum atomic E-state index is 13.0. The van der Waals surface area contributed by atoms with Crippen LogP contribution in [0.15, 0.2) is 24.3 Å². The number of ether oxygens (including phenoxy) is 1. The maximum Gasteiger partial charge on any atom is 0.329 e. The first-order valence-electron chi connectivity index (χ1n) is 9.89. The second kappa shape index (κ2) is 8.07. The predicted molar refractivity (Wildman–Crippen MR) is 116 cm³/mol. The van der Waals surface area contributed by atoms with Gasteiger partial charge < -0.3 is 10.1 Å². The minimum absolute atomic E-state index is 0.0777. The summed E-state index contributed by atoms with van der Waals surface area (Å²) >= 11 is 7.28. The highest BCUT2D eigenvalue weighted by Crippen LogP contribution is 2.60. The molecule has 2 saturated carbocycles. The smallest absolute Gasteiger partial charge is 0.329 e. The Morgan fingerprint density at radius 2 is 1.70 bits per heavy atom. The molecular formula is C21H22Br2N2O5. The number of carbonyl (C=O) groups excluding carboxylic acids is 4. The van der Waals surface area contributed by atoms with E-state index in [1.54, 1.807) is 12.1 Å². The van der Waals surface area contributed by atoms with Crippen molar-refractivity contribution in [1.29, 1.82) is 0 Å². The Morgan fingerprint density at radius 3 is 2.27 bits per heavy atom. The quantitative estimate of drug-likeness (QED) is 0.351. The summed E-state index contributed by atoms with van der Waals surface area (Å²) in [5, 5.41) is 2.68. The number of nitrogens with zero attached hydrogens (tertiary/aromatic N) is 1. The number of hydrogen-bond acceptors (Lipinski definition) is 5. The summed E-state index contributed by atoms with van der Waals surface area (Å²) in [6.07, 6.45) is 0.824. The van der Waals surface area contributed by atoms with E-state index in [-0.39, 0.29) is 45.1 Å². The van der Waals surface area contributed by atoms with Crippen molar-refractivity contribution in [2.24, 2.45) is 23.7 Å². The van der Waals surface area contributed by atoms with Gasteiger partial charge in [0.15, 0.2) is 6.61 Å². The van der Waals surface area contributed by atoms with Crippen molar-refractivity contribution in [2.75, 3.05) is 11.9 Å². The highest BCUT2D eigenvalue weighted by Gasteiger charge is 2.67. The Labute approximate surface area is 191 Å². The molecule has 0 unspecified atom stereocenters. The van der Waals surface area contributed by atoms with Gasteiger partial charge in [-0.2, -0.15) is 0 Å². The molecule has 1 N–H and O–H groups in total. The largest absolute Gasteiger partial charge is 0.454 e. The van der Waals surface area contributed by atoms with Gasteiger partial charge in [-0.3, -0.25) is 19.3 Å². The average Bonchev–Trinajstić information content (AvgIpc) is 3.32. The lowest BCUT2D eigenvalue weighted by atomic mass is 9.81. The summed E-state index contributed by atoms with van der Waals surface area (Å²) in [7, 11) is 0. The van der Waals surface area contributed by atoms with Gasteiger partial charge >= 0.3 is 5.97 Å². The van der Waals surface area contributed by atoms with E-state index in [2.05, 4.69) is 37.2 Å². The minimum atomic E-state index is -1.07. The molecule has 2 bridgehead atoms. The number of halogens is 2. The zero-order valence-electron chi connectivity index (χ0n) is 16.5. The molecule has 3 fully saturated rings. The van der Waals surface area contributed by atoms with Gasteiger partial charge in [0.25, 0.3) is 5.91 Å². The topological polar surface area (TPSA) is 92.8 Å². The van der Waals surface area contributed by atoms with Crippen LogP contribution < -0.4 is 5.32 Å². The van der Waals surface area contributed by atoms with Crippen LogP contribution in [-0.2, 0) is 23.9 Å². The van der Waals surface area contributed by atoms with Crippen molar-refractivity contribution in [3.63, 3.8) is 0 Å². The van der Waals surface area contributed by atoms with E-state index in [4.69, 9.17) is 4.74 Å². The summed E-state index contributed by atoms with van der Waals surface area (Å²) in [6, 6.07) is 6.19. The molecule has 7 atom stereocenters. The summed E-state index contributed by atoms with van der Waals surface area (Å²) in [6.45, 7) is 2.84. The lowest BCUT2D eigenvalue weighted by molar-refractivity contribution is -0.159. The van der Waals surface area contributed by atoms with E-state index in [0.717, 1.165) is 16.9 Å². The predicted octanol–water partition coefficient (Wildman–Crippen LogP) is 2.64. The molecule has 3 amide bonds. The molecule has 30 heavy (non-hydrogen) atoms. The third-order valence-electron chi connectivity index (χ3n) is 6.51. The van der Waals surface area contributed by atoms with Crippen LogP contribution in [0.1, 0.15) is 18.9 Å². The number of likely N-dealkylation sites (tertiary alicyclic amines) is 1. The van der Waals surface area contributed by atoms with E-state index < -0.39 is 24.5 Å². The molecule has 3 aliphatic rings. The van der Waals surface area contributed by atoms with Crippen LogP contribution in [0.2, 0.25) is 0 Å². The number of amides is 3. The molecule has 160 valence electrons. The number of hydrogen-bond donors (Lipinski definition) is 1. The number of aryl methyl sites for hydroxylation is 1. The van der Waals surface area contributed by atoms with Crippen molar-refractivity contribution in [3.8, 4) is 0 Å². The van der Waals surface area contributed by atoms with Crippen molar-refractivity contribution in [2.45, 2.75) is 36.0 Å². The number of para-hydroxylation sites is 1. The van der Waals surface area contributed by atoms with Crippen molar-refractivity contribution >= 4 is 61.2 Å². The molecule has 1 heterocycles. The van der Waals surface area contributed by atoms with E-state index in [1.807, 2.05) is 19.1 Å². The first-order chi connectivity index (χ1) is 14.2. The number of nitrogens with one attached hydrogen (secondary N) is 1. The summed E-state index contributed by atoms with van der Waals surface area (Å²) in [5.74, 6) is -2.49. The fourth-order valence-electron chi connectivity index (χ4n) is 5.02. The Kier molecular flexibility index (Phi) is 5.78. The highest BCUT2D eigenvalue weighted by molar-refractivity contribution is 9.12. The average molecular weight is 542 g/mol. The van der Waals surface area contributed by atoms with Gasteiger partial charge in [0.1, 0.15) is 6.04 Å². The summed E-state index contributed by atoms with van der Waals surface area (Å²) in [4.78, 5) is 51.9. The van der Waals surface area contributed by atoms with Crippen LogP contribution in [0.5, 0.6) is 0 Å². The second-order valence-electron chi connectivity index (χ2n) is 8.20.